The minimum atomic E-state index is 0.479. The number of benzene rings is 1. The molecule has 0 aliphatic rings. The van der Waals surface area contributed by atoms with Crippen molar-refractivity contribution in [2.45, 2.75) is 0 Å². The smallest absolute Gasteiger partial charge is 0.157 e. The molecule has 78 valence electrons. The Morgan fingerprint density at radius 1 is 1.06 bits per heavy atom. The Morgan fingerprint density at radius 2 is 1.88 bits per heavy atom. The van der Waals surface area contributed by atoms with Crippen LogP contribution in [-0.2, 0) is 0 Å². The van der Waals surface area contributed by atoms with Crippen LogP contribution in [0.25, 0.3) is 16.9 Å². The van der Waals surface area contributed by atoms with Crippen molar-refractivity contribution in [2.75, 3.05) is 0 Å². The van der Waals surface area contributed by atoms with Crippen LogP contribution in [0.5, 0.6) is 0 Å². The van der Waals surface area contributed by atoms with Crippen molar-refractivity contribution < 1.29 is 0 Å². The van der Waals surface area contributed by atoms with Crippen LogP contribution in [-0.4, -0.2) is 14.6 Å². The number of hydrogen-bond donors (Lipinski definition) is 0. The molecule has 3 rings (SSSR count). The molecule has 3 aromatic rings. The lowest BCUT2D eigenvalue weighted by atomic mass is 10.2. The van der Waals surface area contributed by atoms with Gasteiger partial charge in [-0.2, -0.15) is 5.10 Å². The number of nitrogens with zero attached hydrogens (tertiary/aromatic N) is 3. The first-order valence-corrected chi connectivity index (χ1v) is 5.28. The summed E-state index contributed by atoms with van der Waals surface area (Å²) in [6.07, 6.45) is 1.80. The maximum atomic E-state index is 5.82. The summed E-state index contributed by atoms with van der Waals surface area (Å²) in [4.78, 5) is 4.19. The molecule has 0 aliphatic carbocycles. The van der Waals surface area contributed by atoms with Gasteiger partial charge in [-0.25, -0.2) is 9.50 Å². The van der Waals surface area contributed by atoms with E-state index < -0.39 is 0 Å². The van der Waals surface area contributed by atoms with Crippen LogP contribution >= 0.6 is 11.6 Å². The average Bonchev–Trinajstić information content (AvgIpc) is 2.73. The van der Waals surface area contributed by atoms with Gasteiger partial charge in [-0.05, 0) is 6.07 Å². The predicted molar refractivity (Wildman–Crippen MR) is 63.4 cm³/mol. The van der Waals surface area contributed by atoms with Gasteiger partial charge in [0.05, 0.1) is 5.69 Å². The lowest BCUT2D eigenvalue weighted by Crippen LogP contribution is -1.88. The van der Waals surface area contributed by atoms with Crippen molar-refractivity contribution in [3.05, 3.63) is 53.8 Å². The Morgan fingerprint density at radius 3 is 2.69 bits per heavy atom. The molecular formula is C12H8ClN3. The zero-order valence-electron chi connectivity index (χ0n) is 8.34. The van der Waals surface area contributed by atoms with Crippen LogP contribution in [0.2, 0.25) is 5.15 Å². The van der Waals surface area contributed by atoms with Crippen LogP contribution in [0.1, 0.15) is 0 Å². The highest BCUT2D eigenvalue weighted by Gasteiger charge is 2.04. The van der Waals surface area contributed by atoms with Gasteiger partial charge in [0.2, 0.25) is 0 Å². The van der Waals surface area contributed by atoms with E-state index in [9.17, 15) is 0 Å². The zero-order chi connectivity index (χ0) is 11.0. The molecular weight excluding hydrogens is 222 g/mol. The Labute approximate surface area is 97.3 Å². The van der Waals surface area contributed by atoms with Crippen LogP contribution in [0.4, 0.5) is 0 Å². The van der Waals surface area contributed by atoms with E-state index >= 15 is 0 Å². The molecule has 1 aromatic carbocycles. The van der Waals surface area contributed by atoms with E-state index in [1.165, 1.54) is 0 Å². The number of hydrogen-bond acceptors (Lipinski definition) is 2. The summed E-state index contributed by atoms with van der Waals surface area (Å²) in [5.74, 6) is 0. The van der Waals surface area contributed by atoms with Gasteiger partial charge in [0.15, 0.2) is 5.65 Å². The van der Waals surface area contributed by atoms with E-state index in [-0.39, 0.29) is 0 Å². The fourth-order valence-electron chi connectivity index (χ4n) is 1.61. The Bertz CT molecular complexity index is 631. The maximum absolute atomic E-state index is 5.82. The molecule has 2 heterocycles. The van der Waals surface area contributed by atoms with Gasteiger partial charge in [-0.3, -0.25) is 0 Å². The van der Waals surface area contributed by atoms with Crippen molar-refractivity contribution in [3.8, 4) is 11.3 Å². The van der Waals surface area contributed by atoms with Gasteiger partial charge in [0.25, 0.3) is 0 Å². The van der Waals surface area contributed by atoms with Crippen molar-refractivity contribution in [2.24, 2.45) is 0 Å². The van der Waals surface area contributed by atoms with E-state index in [1.807, 2.05) is 36.4 Å². The van der Waals surface area contributed by atoms with Crippen molar-refractivity contribution in [3.63, 3.8) is 0 Å². The molecule has 0 saturated carbocycles. The molecule has 2 aromatic heterocycles. The SMILES string of the molecule is Clc1ccn2nc(-c3ccccc3)cc2n1. The summed E-state index contributed by atoms with van der Waals surface area (Å²) < 4.78 is 1.72. The van der Waals surface area contributed by atoms with Gasteiger partial charge < -0.3 is 0 Å². The molecule has 0 atom stereocenters. The van der Waals surface area contributed by atoms with E-state index in [2.05, 4.69) is 10.1 Å². The first-order valence-electron chi connectivity index (χ1n) is 4.90. The van der Waals surface area contributed by atoms with Gasteiger partial charge in [0, 0.05) is 17.8 Å². The van der Waals surface area contributed by atoms with Crippen LogP contribution in [0, 0.1) is 0 Å². The summed E-state index contributed by atoms with van der Waals surface area (Å²) in [6.45, 7) is 0. The fourth-order valence-corrected chi connectivity index (χ4v) is 1.75. The largest absolute Gasteiger partial charge is 0.222 e. The molecule has 0 fully saturated rings. The predicted octanol–water partition coefficient (Wildman–Crippen LogP) is 3.05. The van der Waals surface area contributed by atoms with Crippen molar-refractivity contribution in [1.82, 2.24) is 14.6 Å². The molecule has 3 nitrogen and oxygen atoms in total. The summed E-state index contributed by atoms with van der Waals surface area (Å²) in [7, 11) is 0. The first kappa shape index (κ1) is 9.36. The molecule has 0 unspecified atom stereocenters. The number of fused-ring (bicyclic) bond motifs is 1. The summed E-state index contributed by atoms with van der Waals surface area (Å²) in [5.41, 5.74) is 2.73. The molecule has 0 amide bonds. The topological polar surface area (TPSA) is 30.2 Å². The van der Waals surface area contributed by atoms with Gasteiger partial charge in [-0.1, -0.05) is 41.9 Å². The third kappa shape index (κ3) is 1.55. The van der Waals surface area contributed by atoms with E-state index in [0.717, 1.165) is 16.9 Å². The second-order valence-corrected chi connectivity index (χ2v) is 3.84. The van der Waals surface area contributed by atoms with Crippen LogP contribution < -0.4 is 0 Å². The third-order valence-corrected chi connectivity index (χ3v) is 2.57. The number of rotatable bonds is 1. The second kappa shape index (κ2) is 3.61. The van der Waals surface area contributed by atoms with E-state index in [0.29, 0.717) is 5.15 Å². The minimum absolute atomic E-state index is 0.479. The Balaban J connectivity index is 2.19. The summed E-state index contributed by atoms with van der Waals surface area (Å²) in [6, 6.07) is 13.6. The average molecular weight is 230 g/mol. The summed E-state index contributed by atoms with van der Waals surface area (Å²) in [5, 5.41) is 4.90. The molecule has 0 aliphatic heterocycles. The molecule has 4 heteroatoms. The maximum Gasteiger partial charge on any atom is 0.157 e. The standard InChI is InChI=1S/C12H8ClN3/c13-11-6-7-16-12(14-11)8-10(15-16)9-4-2-1-3-5-9/h1-8H. The third-order valence-electron chi connectivity index (χ3n) is 2.36. The lowest BCUT2D eigenvalue weighted by molar-refractivity contribution is 0.943. The Hall–Kier alpha value is -1.87. The van der Waals surface area contributed by atoms with Gasteiger partial charge in [-0.15, -0.1) is 0 Å². The zero-order valence-corrected chi connectivity index (χ0v) is 9.09. The highest BCUT2D eigenvalue weighted by Crippen LogP contribution is 2.19. The van der Waals surface area contributed by atoms with Crippen molar-refractivity contribution >= 4 is 17.2 Å². The monoisotopic (exact) mass is 229 g/mol. The van der Waals surface area contributed by atoms with E-state index in [1.54, 1.807) is 16.8 Å². The molecule has 0 N–H and O–H groups in total. The minimum Gasteiger partial charge on any atom is -0.222 e. The van der Waals surface area contributed by atoms with E-state index in [4.69, 9.17) is 11.6 Å². The molecule has 0 spiro atoms. The van der Waals surface area contributed by atoms with Gasteiger partial charge in [0.1, 0.15) is 5.15 Å². The number of halogens is 1. The van der Waals surface area contributed by atoms with Crippen LogP contribution in [0.3, 0.4) is 0 Å². The van der Waals surface area contributed by atoms with Crippen molar-refractivity contribution in [1.29, 1.82) is 0 Å². The second-order valence-electron chi connectivity index (χ2n) is 3.45. The highest BCUT2D eigenvalue weighted by atomic mass is 35.5. The molecule has 0 radical (unpaired) electrons. The molecule has 0 saturated heterocycles. The quantitative estimate of drug-likeness (QED) is 0.601. The number of aromatic nitrogens is 3. The highest BCUT2D eigenvalue weighted by molar-refractivity contribution is 6.29. The normalized spacial score (nSPS) is 10.8. The van der Waals surface area contributed by atoms with Crippen LogP contribution in [0.15, 0.2) is 48.7 Å². The van der Waals surface area contributed by atoms with Gasteiger partial charge >= 0.3 is 0 Å². The first-order chi connectivity index (χ1) is 7.83. The summed E-state index contributed by atoms with van der Waals surface area (Å²) >= 11 is 5.82. The Kier molecular flexibility index (Phi) is 2.11. The molecule has 16 heavy (non-hydrogen) atoms. The fraction of sp³-hybridized carbons (Fsp3) is 0. The molecule has 0 bridgehead atoms. The lowest BCUT2D eigenvalue weighted by Gasteiger charge is -1.92.